The minimum atomic E-state index is -1.07. The molecule has 1 heterocycles. The molecule has 0 aliphatic heterocycles. The number of aromatic nitrogens is 2. The minimum Gasteiger partial charge on any atom is -0.478 e. The van der Waals surface area contributed by atoms with Crippen molar-refractivity contribution in [1.82, 2.24) is 9.55 Å². The summed E-state index contributed by atoms with van der Waals surface area (Å²) in [6.45, 7) is 1.53. The molecule has 1 aromatic heterocycles. The Labute approximate surface area is 219 Å². The molecule has 1 amide bonds. The van der Waals surface area contributed by atoms with Crippen molar-refractivity contribution in [2.24, 2.45) is 0 Å². The first-order valence-electron chi connectivity index (χ1n) is 11.9. The van der Waals surface area contributed by atoms with Gasteiger partial charge in [-0.05, 0) is 80.3 Å². The summed E-state index contributed by atoms with van der Waals surface area (Å²) in [4.78, 5) is 31.7. The van der Waals surface area contributed by atoms with Gasteiger partial charge in [0.15, 0.2) is 0 Å². The van der Waals surface area contributed by atoms with Crippen LogP contribution in [-0.2, 0) is 10.5 Å². The van der Waals surface area contributed by atoms with E-state index in [0.29, 0.717) is 23.6 Å². The van der Waals surface area contributed by atoms with Gasteiger partial charge in [-0.1, -0.05) is 41.8 Å². The molecule has 0 bridgehead atoms. The monoisotopic (exact) mass is 521 g/mol. The zero-order chi connectivity index (χ0) is 25.4. The van der Waals surface area contributed by atoms with Crippen molar-refractivity contribution in [2.75, 3.05) is 4.90 Å². The molecular weight excluding hydrogens is 497 g/mol. The summed E-state index contributed by atoms with van der Waals surface area (Å²) < 4.78 is 2.17. The molecule has 1 aliphatic rings. The Morgan fingerprint density at radius 2 is 1.67 bits per heavy atom. The Bertz CT molecular complexity index is 1460. The SMILES string of the molecule is CC(=O)N(c1ccc(C(=O)O)cc1Cl)C1(n2c(-c3ccc(Cl)cc3)nc3ccccc32)CCCCC1. The van der Waals surface area contributed by atoms with Crippen molar-refractivity contribution in [3.05, 3.63) is 82.3 Å². The number of carbonyl (C=O) groups excluding carboxylic acids is 1. The Hall–Kier alpha value is -3.35. The molecule has 184 valence electrons. The normalized spacial score (nSPS) is 15.1. The Morgan fingerprint density at radius 3 is 2.31 bits per heavy atom. The van der Waals surface area contributed by atoms with Gasteiger partial charge in [0.25, 0.3) is 0 Å². The van der Waals surface area contributed by atoms with Crippen LogP contribution in [0.25, 0.3) is 22.4 Å². The second kappa shape index (κ2) is 9.60. The first kappa shape index (κ1) is 24.3. The van der Waals surface area contributed by atoms with Gasteiger partial charge in [0.05, 0.1) is 27.3 Å². The van der Waals surface area contributed by atoms with Gasteiger partial charge in [-0.25, -0.2) is 9.78 Å². The number of carbonyl (C=O) groups is 2. The summed E-state index contributed by atoms with van der Waals surface area (Å²) in [5.41, 5.74) is 2.38. The molecule has 1 aliphatic carbocycles. The highest BCUT2D eigenvalue weighted by Gasteiger charge is 2.45. The molecule has 36 heavy (non-hydrogen) atoms. The number of carboxylic acid groups (broad SMARTS) is 1. The fourth-order valence-corrected chi connectivity index (χ4v) is 5.80. The van der Waals surface area contributed by atoms with E-state index in [4.69, 9.17) is 28.2 Å². The quantitative estimate of drug-likeness (QED) is 0.297. The summed E-state index contributed by atoms with van der Waals surface area (Å²) in [7, 11) is 0. The van der Waals surface area contributed by atoms with Crippen LogP contribution in [0.4, 0.5) is 5.69 Å². The average molecular weight is 522 g/mol. The zero-order valence-electron chi connectivity index (χ0n) is 19.7. The highest BCUT2D eigenvalue weighted by molar-refractivity contribution is 6.34. The number of fused-ring (bicyclic) bond motifs is 1. The lowest BCUT2D eigenvalue weighted by Gasteiger charge is -2.48. The maximum absolute atomic E-state index is 13.4. The third kappa shape index (κ3) is 4.14. The summed E-state index contributed by atoms with van der Waals surface area (Å²) in [5.74, 6) is -0.517. The number of halogens is 2. The van der Waals surface area contributed by atoms with Crippen LogP contribution in [0.15, 0.2) is 66.7 Å². The lowest BCUT2D eigenvalue weighted by Crippen LogP contribution is -2.54. The Balaban J connectivity index is 1.81. The van der Waals surface area contributed by atoms with Crippen LogP contribution in [-0.4, -0.2) is 26.5 Å². The van der Waals surface area contributed by atoms with E-state index in [1.165, 1.54) is 19.1 Å². The number of amides is 1. The van der Waals surface area contributed by atoms with Crippen molar-refractivity contribution < 1.29 is 14.7 Å². The first-order chi connectivity index (χ1) is 17.3. The number of para-hydroxylation sites is 2. The largest absolute Gasteiger partial charge is 0.478 e. The highest BCUT2D eigenvalue weighted by Crippen LogP contribution is 2.46. The number of hydrogen-bond acceptors (Lipinski definition) is 3. The molecule has 5 rings (SSSR count). The Morgan fingerprint density at radius 1 is 0.972 bits per heavy atom. The van der Waals surface area contributed by atoms with Crippen LogP contribution >= 0.6 is 23.2 Å². The van der Waals surface area contributed by atoms with Gasteiger partial charge in [-0.3, -0.25) is 14.3 Å². The molecular formula is C28H25Cl2N3O3. The summed E-state index contributed by atoms with van der Waals surface area (Å²) in [6.07, 6.45) is 4.29. The van der Waals surface area contributed by atoms with Gasteiger partial charge >= 0.3 is 5.97 Å². The minimum absolute atomic E-state index is 0.0693. The number of aromatic carboxylic acids is 1. The average Bonchev–Trinajstić information content (AvgIpc) is 3.26. The number of carboxylic acids is 1. The maximum atomic E-state index is 13.4. The molecule has 1 saturated carbocycles. The fourth-order valence-electron chi connectivity index (χ4n) is 5.41. The second-order valence-electron chi connectivity index (χ2n) is 9.14. The lowest BCUT2D eigenvalue weighted by molar-refractivity contribution is -0.119. The van der Waals surface area contributed by atoms with Crippen LogP contribution in [0, 0.1) is 0 Å². The number of anilines is 1. The van der Waals surface area contributed by atoms with E-state index >= 15 is 0 Å². The van der Waals surface area contributed by atoms with E-state index in [2.05, 4.69) is 4.57 Å². The van der Waals surface area contributed by atoms with Gasteiger partial charge in [-0.2, -0.15) is 0 Å². The van der Waals surface area contributed by atoms with Gasteiger partial charge < -0.3 is 5.11 Å². The van der Waals surface area contributed by atoms with Crippen molar-refractivity contribution in [2.45, 2.75) is 44.7 Å². The number of hydrogen-bond donors (Lipinski definition) is 1. The maximum Gasteiger partial charge on any atom is 0.335 e. The van der Waals surface area contributed by atoms with E-state index < -0.39 is 11.6 Å². The first-order valence-corrected chi connectivity index (χ1v) is 12.6. The summed E-state index contributed by atoms with van der Waals surface area (Å²) >= 11 is 12.8. The molecule has 0 unspecified atom stereocenters. The molecule has 1 fully saturated rings. The third-order valence-electron chi connectivity index (χ3n) is 6.90. The third-order valence-corrected chi connectivity index (χ3v) is 7.46. The van der Waals surface area contributed by atoms with Crippen molar-refractivity contribution in [3.63, 3.8) is 0 Å². The van der Waals surface area contributed by atoms with Crippen molar-refractivity contribution in [3.8, 4) is 11.4 Å². The molecule has 6 nitrogen and oxygen atoms in total. The predicted octanol–water partition coefficient (Wildman–Crippen LogP) is 7.38. The van der Waals surface area contributed by atoms with Crippen LogP contribution in [0.1, 0.15) is 49.4 Å². The smallest absolute Gasteiger partial charge is 0.335 e. The molecule has 3 aromatic carbocycles. The van der Waals surface area contributed by atoms with Crippen LogP contribution in [0.5, 0.6) is 0 Å². The second-order valence-corrected chi connectivity index (χ2v) is 9.98. The summed E-state index contributed by atoms with van der Waals surface area (Å²) in [5, 5.41) is 10.3. The molecule has 0 saturated heterocycles. The van der Waals surface area contributed by atoms with Gasteiger partial charge in [0.1, 0.15) is 11.5 Å². The zero-order valence-corrected chi connectivity index (χ0v) is 21.3. The summed E-state index contributed by atoms with van der Waals surface area (Å²) in [6, 6.07) is 20.0. The predicted molar refractivity (Wildman–Crippen MR) is 143 cm³/mol. The van der Waals surface area contributed by atoms with E-state index in [1.54, 1.807) is 11.0 Å². The molecule has 1 N–H and O–H groups in total. The van der Waals surface area contributed by atoms with E-state index in [0.717, 1.165) is 41.7 Å². The van der Waals surface area contributed by atoms with Crippen LogP contribution in [0.3, 0.4) is 0 Å². The fraction of sp³-hybridized carbons (Fsp3) is 0.250. The Kier molecular flexibility index (Phi) is 6.49. The standard InChI is InChI=1S/C28H25Cl2N3O3/c1-18(34)32(24-14-11-20(27(35)36)17-22(24)30)28(15-5-2-6-16-28)33-25-8-4-3-7-23(25)31-26(33)19-9-12-21(29)13-10-19/h3-4,7-14,17H,2,5-6,15-16H2,1H3,(H,35,36). The number of rotatable bonds is 5. The molecule has 0 spiro atoms. The lowest BCUT2D eigenvalue weighted by atomic mass is 9.85. The topological polar surface area (TPSA) is 75.4 Å². The van der Waals surface area contributed by atoms with Crippen LogP contribution < -0.4 is 4.90 Å². The molecule has 0 radical (unpaired) electrons. The van der Waals surface area contributed by atoms with Gasteiger partial charge in [0.2, 0.25) is 5.91 Å². The molecule has 0 atom stereocenters. The highest BCUT2D eigenvalue weighted by atomic mass is 35.5. The van der Waals surface area contributed by atoms with Gasteiger partial charge in [-0.15, -0.1) is 0 Å². The van der Waals surface area contributed by atoms with Crippen molar-refractivity contribution >= 4 is 51.8 Å². The van der Waals surface area contributed by atoms with E-state index in [1.807, 2.05) is 48.5 Å². The van der Waals surface area contributed by atoms with E-state index in [9.17, 15) is 14.7 Å². The van der Waals surface area contributed by atoms with Crippen LogP contribution in [0.2, 0.25) is 10.0 Å². The molecule has 8 heteroatoms. The molecule has 4 aromatic rings. The van der Waals surface area contributed by atoms with E-state index in [-0.39, 0.29) is 16.5 Å². The van der Waals surface area contributed by atoms with Crippen molar-refractivity contribution in [1.29, 1.82) is 0 Å². The van der Waals surface area contributed by atoms with Gasteiger partial charge in [0, 0.05) is 17.5 Å². The number of imidazole rings is 1. The number of benzene rings is 3. The number of nitrogens with zero attached hydrogens (tertiary/aromatic N) is 3.